The number of aryl methyl sites for hydroxylation is 1. The molecule has 2 nitrogen and oxygen atoms in total. The molecule has 3 heteroatoms. The molecule has 2 unspecified atom stereocenters. The molecule has 0 aromatic heterocycles. The molecule has 1 aliphatic rings. The molecule has 1 saturated heterocycles. The molecule has 1 heterocycles. The predicted octanol–water partition coefficient (Wildman–Crippen LogP) is 2.17. The van der Waals surface area contributed by atoms with Gasteiger partial charge < -0.3 is 10.5 Å². The second-order valence-electron chi connectivity index (χ2n) is 4.16. The van der Waals surface area contributed by atoms with Crippen LogP contribution in [0.4, 0.5) is 4.39 Å². The van der Waals surface area contributed by atoms with E-state index in [4.69, 9.17) is 10.5 Å². The maximum Gasteiger partial charge on any atom is 0.126 e. The summed E-state index contributed by atoms with van der Waals surface area (Å²) in [6.07, 6.45) is 0.998. The topological polar surface area (TPSA) is 35.2 Å². The molecule has 1 aromatic rings. The lowest BCUT2D eigenvalue weighted by Gasteiger charge is -2.18. The number of hydrogen-bond donors (Lipinski definition) is 1. The number of halogens is 1. The Morgan fingerprint density at radius 3 is 2.93 bits per heavy atom. The monoisotopic (exact) mass is 209 g/mol. The van der Waals surface area contributed by atoms with Gasteiger partial charge in [-0.1, -0.05) is 12.1 Å². The molecule has 0 spiro atoms. The summed E-state index contributed by atoms with van der Waals surface area (Å²) >= 11 is 0. The molecular formula is C12H16FNO. The van der Waals surface area contributed by atoms with Crippen LogP contribution in [0.3, 0.4) is 0 Å². The Bertz CT molecular complexity index is 347. The standard InChI is InChI=1S/C12H16FNO/c1-8-6-9(2-3-11(8)13)12(14)10-4-5-15-7-10/h2-3,6,10,12H,4-5,7,14H2,1H3. The van der Waals surface area contributed by atoms with E-state index < -0.39 is 0 Å². The van der Waals surface area contributed by atoms with Crippen molar-refractivity contribution in [2.45, 2.75) is 19.4 Å². The molecule has 82 valence electrons. The molecule has 0 radical (unpaired) electrons. The largest absolute Gasteiger partial charge is 0.381 e. The maximum absolute atomic E-state index is 13.1. The van der Waals surface area contributed by atoms with Crippen molar-refractivity contribution in [2.24, 2.45) is 11.7 Å². The van der Waals surface area contributed by atoms with Crippen LogP contribution in [-0.4, -0.2) is 13.2 Å². The van der Waals surface area contributed by atoms with Gasteiger partial charge in [0.25, 0.3) is 0 Å². The fourth-order valence-corrected chi connectivity index (χ4v) is 1.98. The van der Waals surface area contributed by atoms with E-state index in [-0.39, 0.29) is 11.9 Å². The smallest absolute Gasteiger partial charge is 0.126 e. The molecular weight excluding hydrogens is 193 g/mol. The highest BCUT2D eigenvalue weighted by atomic mass is 19.1. The highest BCUT2D eigenvalue weighted by molar-refractivity contribution is 5.26. The molecule has 1 fully saturated rings. The molecule has 1 aromatic carbocycles. The molecule has 0 aliphatic carbocycles. The molecule has 0 amide bonds. The lowest BCUT2D eigenvalue weighted by molar-refractivity contribution is 0.181. The van der Waals surface area contributed by atoms with Crippen LogP contribution in [0.1, 0.15) is 23.6 Å². The number of ether oxygens (including phenoxy) is 1. The Labute approximate surface area is 89.2 Å². The van der Waals surface area contributed by atoms with Crippen LogP contribution in [0, 0.1) is 18.7 Å². The number of nitrogens with two attached hydrogens (primary N) is 1. The zero-order valence-electron chi connectivity index (χ0n) is 8.87. The van der Waals surface area contributed by atoms with E-state index in [1.54, 1.807) is 13.0 Å². The van der Waals surface area contributed by atoms with Crippen molar-refractivity contribution in [1.82, 2.24) is 0 Å². The summed E-state index contributed by atoms with van der Waals surface area (Å²) in [6, 6.07) is 5.05. The summed E-state index contributed by atoms with van der Waals surface area (Å²) in [5.74, 6) is 0.198. The number of hydrogen-bond acceptors (Lipinski definition) is 2. The molecule has 2 rings (SSSR count). The van der Waals surface area contributed by atoms with Gasteiger partial charge in [-0.15, -0.1) is 0 Å². The molecule has 2 atom stereocenters. The van der Waals surface area contributed by atoms with Crippen molar-refractivity contribution in [3.05, 3.63) is 35.1 Å². The third-order valence-electron chi connectivity index (χ3n) is 3.04. The summed E-state index contributed by atoms with van der Waals surface area (Å²) in [4.78, 5) is 0. The molecule has 2 N–H and O–H groups in total. The summed E-state index contributed by atoms with van der Waals surface area (Å²) in [6.45, 7) is 3.27. The average Bonchev–Trinajstić information content (AvgIpc) is 2.74. The Kier molecular flexibility index (Phi) is 3.03. The minimum absolute atomic E-state index is 0.0354. The molecule has 0 bridgehead atoms. The number of benzene rings is 1. The fraction of sp³-hybridized carbons (Fsp3) is 0.500. The van der Waals surface area contributed by atoms with Gasteiger partial charge in [0.15, 0.2) is 0 Å². The van der Waals surface area contributed by atoms with Crippen molar-refractivity contribution >= 4 is 0 Å². The van der Waals surface area contributed by atoms with Crippen LogP contribution in [0.15, 0.2) is 18.2 Å². The highest BCUT2D eigenvalue weighted by Crippen LogP contribution is 2.27. The minimum Gasteiger partial charge on any atom is -0.381 e. The molecule has 15 heavy (non-hydrogen) atoms. The van der Waals surface area contributed by atoms with Crippen LogP contribution < -0.4 is 5.73 Å². The first-order valence-electron chi connectivity index (χ1n) is 5.28. The maximum atomic E-state index is 13.1. The summed E-state index contributed by atoms with van der Waals surface area (Å²) in [7, 11) is 0. The quantitative estimate of drug-likeness (QED) is 0.810. The van der Waals surface area contributed by atoms with Crippen molar-refractivity contribution in [1.29, 1.82) is 0 Å². The van der Waals surface area contributed by atoms with E-state index in [0.717, 1.165) is 25.2 Å². The SMILES string of the molecule is Cc1cc(C(N)C2CCOC2)ccc1F. The third-order valence-corrected chi connectivity index (χ3v) is 3.04. The van der Waals surface area contributed by atoms with Gasteiger partial charge in [0.1, 0.15) is 5.82 Å². The van der Waals surface area contributed by atoms with E-state index in [0.29, 0.717) is 11.5 Å². The van der Waals surface area contributed by atoms with Crippen molar-refractivity contribution in [2.75, 3.05) is 13.2 Å². The second kappa shape index (κ2) is 4.29. The van der Waals surface area contributed by atoms with Gasteiger partial charge in [-0.3, -0.25) is 0 Å². The first kappa shape index (κ1) is 10.6. The Hall–Kier alpha value is -0.930. The molecule has 0 saturated carbocycles. The van der Waals surface area contributed by atoms with Crippen LogP contribution in [0.5, 0.6) is 0 Å². The lowest BCUT2D eigenvalue weighted by Crippen LogP contribution is -2.21. The van der Waals surface area contributed by atoms with E-state index in [1.165, 1.54) is 6.07 Å². The second-order valence-corrected chi connectivity index (χ2v) is 4.16. The summed E-state index contributed by atoms with van der Waals surface area (Å²) in [5, 5.41) is 0. The van der Waals surface area contributed by atoms with Crippen LogP contribution in [0.2, 0.25) is 0 Å². The van der Waals surface area contributed by atoms with Crippen molar-refractivity contribution < 1.29 is 9.13 Å². The van der Waals surface area contributed by atoms with E-state index in [9.17, 15) is 4.39 Å². The Morgan fingerprint density at radius 1 is 1.53 bits per heavy atom. The predicted molar refractivity (Wildman–Crippen MR) is 57.0 cm³/mol. The van der Waals surface area contributed by atoms with Gasteiger partial charge in [0.2, 0.25) is 0 Å². The number of rotatable bonds is 2. The normalized spacial score (nSPS) is 23.0. The summed E-state index contributed by atoms with van der Waals surface area (Å²) in [5.41, 5.74) is 7.78. The average molecular weight is 209 g/mol. The van der Waals surface area contributed by atoms with Crippen molar-refractivity contribution in [3.63, 3.8) is 0 Å². The van der Waals surface area contributed by atoms with E-state index in [1.807, 2.05) is 6.07 Å². The minimum atomic E-state index is -0.173. The van der Waals surface area contributed by atoms with Gasteiger partial charge in [-0.2, -0.15) is 0 Å². The lowest BCUT2D eigenvalue weighted by atomic mass is 9.92. The van der Waals surface area contributed by atoms with Gasteiger partial charge >= 0.3 is 0 Å². The Balaban J connectivity index is 2.17. The first-order chi connectivity index (χ1) is 7.18. The van der Waals surface area contributed by atoms with Gasteiger partial charge in [0, 0.05) is 18.6 Å². The van der Waals surface area contributed by atoms with Crippen LogP contribution in [-0.2, 0) is 4.74 Å². The van der Waals surface area contributed by atoms with E-state index in [2.05, 4.69) is 0 Å². The van der Waals surface area contributed by atoms with E-state index >= 15 is 0 Å². The third kappa shape index (κ3) is 2.19. The van der Waals surface area contributed by atoms with Crippen molar-refractivity contribution in [3.8, 4) is 0 Å². The van der Waals surface area contributed by atoms with Crippen LogP contribution >= 0.6 is 0 Å². The zero-order chi connectivity index (χ0) is 10.8. The summed E-state index contributed by atoms with van der Waals surface area (Å²) < 4.78 is 18.4. The first-order valence-corrected chi connectivity index (χ1v) is 5.28. The fourth-order valence-electron chi connectivity index (χ4n) is 1.98. The van der Waals surface area contributed by atoms with Crippen LogP contribution in [0.25, 0.3) is 0 Å². The van der Waals surface area contributed by atoms with Gasteiger partial charge in [-0.25, -0.2) is 4.39 Å². The Morgan fingerprint density at radius 2 is 2.33 bits per heavy atom. The van der Waals surface area contributed by atoms with Gasteiger partial charge in [0.05, 0.1) is 6.61 Å². The zero-order valence-corrected chi connectivity index (χ0v) is 8.87. The highest BCUT2D eigenvalue weighted by Gasteiger charge is 2.24. The van der Waals surface area contributed by atoms with Gasteiger partial charge in [-0.05, 0) is 30.5 Å². The molecule has 1 aliphatic heterocycles.